The van der Waals surface area contributed by atoms with Crippen molar-refractivity contribution in [3.63, 3.8) is 0 Å². The summed E-state index contributed by atoms with van der Waals surface area (Å²) >= 11 is 0. The lowest BCUT2D eigenvalue weighted by atomic mass is 9.97. The minimum absolute atomic E-state index is 0.0218. The standard InChI is InChI=1S/C21H29NO4/c1-5-16(19(23)25-15-9-7-6-8-10-15)22-17-13-14(2)11-12-18(17)26-21(3,4)20(22)24/h11-13,15-16H,5-10H2,1-4H3. The van der Waals surface area contributed by atoms with Gasteiger partial charge in [-0.1, -0.05) is 19.4 Å². The molecule has 1 heterocycles. The SMILES string of the molecule is CCC(C(=O)OC1CCCCC1)N1C(=O)C(C)(C)Oc2ccc(C)cc21. The summed E-state index contributed by atoms with van der Waals surface area (Å²) in [5.74, 6) is 0.116. The summed E-state index contributed by atoms with van der Waals surface area (Å²) in [4.78, 5) is 27.6. The van der Waals surface area contributed by atoms with E-state index in [1.165, 1.54) is 6.42 Å². The first-order chi connectivity index (χ1) is 12.3. The van der Waals surface area contributed by atoms with Gasteiger partial charge in [-0.25, -0.2) is 4.79 Å². The van der Waals surface area contributed by atoms with E-state index in [4.69, 9.17) is 9.47 Å². The first-order valence-electron chi connectivity index (χ1n) is 9.67. The molecule has 3 rings (SSSR count). The van der Waals surface area contributed by atoms with E-state index in [1.807, 2.05) is 32.0 Å². The molecule has 1 unspecified atom stereocenters. The van der Waals surface area contributed by atoms with E-state index >= 15 is 0 Å². The normalized spacial score (nSPS) is 20.9. The molecular formula is C21H29NO4. The molecule has 1 aliphatic heterocycles. The van der Waals surface area contributed by atoms with Gasteiger partial charge >= 0.3 is 5.97 Å². The van der Waals surface area contributed by atoms with Gasteiger partial charge in [-0.15, -0.1) is 0 Å². The molecule has 1 aromatic rings. The highest BCUT2D eigenvalue weighted by Crippen LogP contribution is 2.40. The van der Waals surface area contributed by atoms with Gasteiger partial charge in [0, 0.05) is 0 Å². The number of esters is 1. The Morgan fingerprint density at radius 1 is 1.31 bits per heavy atom. The van der Waals surface area contributed by atoms with Crippen LogP contribution in [0.25, 0.3) is 0 Å². The molecule has 0 aromatic heterocycles. The lowest BCUT2D eigenvalue weighted by molar-refractivity contribution is -0.154. The zero-order valence-electron chi connectivity index (χ0n) is 16.2. The van der Waals surface area contributed by atoms with E-state index in [2.05, 4.69) is 0 Å². The smallest absolute Gasteiger partial charge is 0.329 e. The molecule has 1 fully saturated rings. The number of carbonyl (C=O) groups excluding carboxylic acids is 2. The number of rotatable bonds is 4. The molecule has 0 N–H and O–H groups in total. The molecule has 0 bridgehead atoms. The highest BCUT2D eigenvalue weighted by Gasteiger charge is 2.45. The number of fused-ring (bicyclic) bond motifs is 1. The lowest BCUT2D eigenvalue weighted by Crippen LogP contribution is -2.58. The molecule has 1 atom stereocenters. The summed E-state index contributed by atoms with van der Waals surface area (Å²) in [7, 11) is 0. The van der Waals surface area contributed by atoms with Crippen LogP contribution in [0.5, 0.6) is 5.75 Å². The molecule has 0 saturated heterocycles. The first kappa shape index (κ1) is 18.7. The Balaban J connectivity index is 1.91. The van der Waals surface area contributed by atoms with Crippen LogP contribution in [0.4, 0.5) is 5.69 Å². The number of aryl methyl sites for hydroxylation is 1. The molecule has 5 nitrogen and oxygen atoms in total. The van der Waals surface area contributed by atoms with Crippen LogP contribution >= 0.6 is 0 Å². The Morgan fingerprint density at radius 2 is 2.00 bits per heavy atom. The highest BCUT2D eigenvalue weighted by molar-refractivity contribution is 6.06. The fraction of sp³-hybridized carbons (Fsp3) is 0.619. The number of hydrogen-bond acceptors (Lipinski definition) is 4. The average molecular weight is 359 g/mol. The second-order valence-electron chi connectivity index (χ2n) is 7.88. The largest absolute Gasteiger partial charge is 0.476 e. The number of hydrogen-bond donors (Lipinski definition) is 0. The minimum atomic E-state index is -1.01. The van der Waals surface area contributed by atoms with Crippen molar-refractivity contribution in [1.82, 2.24) is 0 Å². The van der Waals surface area contributed by atoms with Gasteiger partial charge in [-0.05, 0) is 70.6 Å². The third-order valence-electron chi connectivity index (χ3n) is 5.28. The minimum Gasteiger partial charge on any atom is -0.476 e. The number of nitrogens with zero attached hydrogens (tertiary/aromatic N) is 1. The topological polar surface area (TPSA) is 55.8 Å². The summed E-state index contributed by atoms with van der Waals surface area (Å²) in [5, 5.41) is 0. The van der Waals surface area contributed by atoms with Crippen molar-refractivity contribution in [2.45, 2.75) is 84.0 Å². The van der Waals surface area contributed by atoms with Crippen molar-refractivity contribution in [2.24, 2.45) is 0 Å². The van der Waals surface area contributed by atoms with Gasteiger partial charge in [-0.2, -0.15) is 0 Å². The van der Waals surface area contributed by atoms with E-state index in [0.717, 1.165) is 31.2 Å². The zero-order valence-corrected chi connectivity index (χ0v) is 16.2. The van der Waals surface area contributed by atoms with Crippen LogP contribution in [-0.2, 0) is 14.3 Å². The van der Waals surface area contributed by atoms with Crippen molar-refractivity contribution in [3.8, 4) is 5.75 Å². The fourth-order valence-electron chi connectivity index (χ4n) is 3.81. The number of ether oxygens (including phenoxy) is 2. The fourth-order valence-corrected chi connectivity index (χ4v) is 3.81. The van der Waals surface area contributed by atoms with Gasteiger partial charge in [0.15, 0.2) is 5.60 Å². The van der Waals surface area contributed by atoms with E-state index in [0.29, 0.717) is 17.9 Å². The molecule has 2 aliphatic rings. The van der Waals surface area contributed by atoms with Gasteiger partial charge < -0.3 is 9.47 Å². The number of benzene rings is 1. The number of carbonyl (C=O) groups is 2. The van der Waals surface area contributed by atoms with Gasteiger partial charge in [-0.3, -0.25) is 9.69 Å². The summed E-state index contributed by atoms with van der Waals surface area (Å²) in [6.07, 6.45) is 5.71. The average Bonchev–Trinajstić information content (AvgIpc) is 2.60. The molecular weight excluding hydrogens is 330 g/mol. The molecule has 1 saturated carbocycles. The summed E-state index contributed by atoms with van der Waals surface area (Å²) in [6.45, 7) is 7.36. The van der Waals surface area contributed by atoms with Gasteiger partial charge in [0.25, 0.3) is 5.91 Å². The predicted molar refractivity (Wildman–Crippen MR) is 100 cm³/mol. The lowest BCUT2D eigenvalue weighted by Gasteiger charge is -2.42. The van der Waals surface area contributed by atoms with E-state index < -0.39 is 11.6 Å². The molecule has 1 amide bonds. The maximum Gasteiger partial charge on any atom is 0.329 e. The van der Waals surface area contributed by atoms with E-state index in [1.54, 1.807) is 18.7 Å². The van der Waals surface area contributed by atoms with Crippen LogP contribution in [-0.4, -0.2) is 29.6 Å². The quantitative estimate of drug-likeness (QED) is 0.758. The molecule has 1 aromatic carbocycles. The highest BCUT2D eigenvalue weighted by atomic mass is 16.5. The predicted octanol–water partition coefficient (Wildman–Crippen LogP) is 4.15. The molecule has 0 radical (unpaired) electrons. The second-order valence-corrected chi connectivity index (χ2v) is 7.88. The van der Waals surface area contributed by atoms with Gasteiger partial charge in [0.1, 0.15) is 17.9 Å². The molecule has 26 heavy (non-hydrogen) atoms. The van der Waals surface area contributed by atoms with Crippen LogP contribution in [0.1, 0.15) is 64.9 Å². The van der Waals surface area contributed by atoms with Gasteiger partial charge in [0.05, 0.1) is 5.69 Å². The maximum atomic E-state index is 13.1. The molecule has 142 valence electrons. The number of amides is 1. The zero-order chi connectivity index (χ0) is 18.9. The molecule has 1 aliphatic carbocycles. The van der Waals surface area contributed by atoms with Crippen molar-refractivity contribution in [3.05, 3.63) is 23.8 Å². The maximum absolute atomic E-state index is 13.1. The van der Waals surface area contributed by atoms with Crippen molar-refractivity contribution in [1.29, 1.82) is 0 Å². The van der Waals surface area contributed by atoms with Crippen LogP contribution in [0.2, 0.25) is 0 Å². The first-order valence-corrected chi connectivity index (χ1v) is 9.67. The van der Waals surface area contributed by atoms with Crippen molar-refractivity contribution < 1.29 is 19.1 Å². The van der Waals surface area contributed by atoms with E-state index in [-0.39, 0.29) is 18.0 Å². The van der Waals surface area contributed by atoms with Crippen LogP contribution in [0, 0.1) is 6.92 Å². The third-order valence-corrected chi connectivity index (χ3v) is 5.28. The summed E-state index contributed by atoms with van der Waals surface area (Å²) in [5.41, 5.74) is 0.656. The molecule has 0 spiro atoms. The van der Waals surface area contributed by atoms with Crippen LogP contribution in [0.3, 0.4) is 0 Å². The van der Waals surface area contributed by atoms with Crippen LogP contribution in [0.15, 0.2) is 18.2 Å². The molecule has 5 heteroatoms. The Morgan fingerprint density at radius 3 is 2.65 bits per heavy atom. The van der Waals surface area contributed by atoms with Crippen molar-refractivity contribution in [2.75, 3.05) is 4.90 Å². The number of anilines is 1. The summed E-state index contributed by atoms with van der Waals surface area (Å²) in [6, 6.07) is 5.09. The second kappa shape index (κ2) is 7.29. The monoisotopic (exact) mass is 359 g/mol. The van der Waals surface area contributed by atoms with Gasteiger partial charge in [0.2, 0.25) is 0 Å². The Labute approximate surface area is 155 Å². The van der Waals surface area contributed by atoms with Crippen molar-refractivity contribution >= 4 is 17.6 Å². The third kappa shape index (κ3) is 3.57. The van der Waals surface area contributed by atoms with E-state index in [9.17, 15) is 9.59 Å². The Bertz CT molecular complexity index is 691. The Kier molecular flexibility index (Phi) is 5.26. The Hall–Kier alpha value is -2.04. The van der Waals surface area contributed by atoms with Crippen LogP contribution < -0.4 is 9.64 Å². The summed E-state index contributed by atoms with van der Waals surface area (Å²) < 4.78 is 11.7.